The summed E-state index contributed by atoms with van der Waals surface area (Å²) in [4.78, 5) is 23.1. The molecule has 0 radical (unpaired) electrons. The normalized spacial score (nSPS) is 13.8. The van der Waals surface area contributed by atoms with Gasteiger partial charge >= 0.3 is 13.8 Å². The number of phosphoric ester groups is 1. The third-order valence-corrected chi connectivity index (χ3v) is 14.5. The van der Waals surface area contributed by atoms with Gasteiger partial charge in [0.15, 0.2) is 0 Å². The van der Waals surface area contributed by atoms with Gasteiger partial charge in [0.2, 0.25) is 0 Å². The number of carbonyl (C=O) groups is 1. The summed E-state index contributed by atoms with van der Waals surface area (Å²) in [5.74, 6) is -0.310. The van der Waals surface area contributed by atoms with E-state index in [4.69, 9.17) is 18.5 Å². The summed E-state index contributed by atoms with van der Waals surface area (Å²) in [5, 5.41) is 0. The van der Waals surface area contributed by atoms with Crippen molar-refractivity contribution in [3.63, 3.8) is 0 Å². The number of allylic oxidation sites excluding steroid dienone is 10. The number of phosphoric acid groups is 1. The maximum atomic E-state index is 12.8. The summed E-state index contributed by atoms with van der Waals surface area (Å²) in [6, 6.07) is 0. The Kier molecular flexibility index (Phi) is 55.0. The predicted octanol–water partition coefficient (Wildman–Crippen LogP) is 20.0. The van der Waals surface area contributed by atoms with Gasteiger partial charge in [-0.15, -0.1) is 0 Å². The third kappa shape index (κ3) is 60.9. The van der Waals surface area contributed by atoms with Gasteiger partial charge in [0.1, 0.15) is 19.3 Å². The number of carbonyl (C=O) groups excluding carboxylic acids is 1. The molecule has 0 aromatic carbocycles. The molecule has 0 aliphatic carbocycles. The average Bonchev–Trinajstić information content (AvgIpc) is 3.35. The number of nitrogens with zero attached hydrogens (tertiary/aromatic N) is 1. The molecule has 0 aliphatic rings. The van der Waals surface area contributed by atoms with Crippen LogP contribution >= 0.6 is 7.82 Å². The Balaban J connectivity index is 4.02. The number of hydrogen-bond donors (Lipinski definition) is 1. The largest absolute Gasteiger partial charge is 0.472 e. The van der Waals surface area contributed by atoms with Crippen molar-refractivity contribution in [1.29, 1.82) is 0 Å². The van der Waals surface area contributed by atoms with E-state index >= 15 is 0 Å². The van der Waals surface area contributed by atoms with Crippen molar-refractivity contribution in [2.24, 2.45) is 0 Å². The maximum Gasteiger partial charge on any atom is 0.472 e. The molecule has 1 N–H and O–H groups in total. The molecular formula is C64H121NO7P+. The summed E-state index contributed by atoms with van der Waals surface area (Å²) in [7, 11) is 1.67. The lowest BCUT2D eigenvalue weighted by atomic mass is 10.0. The molecule has 0 saturated heterocycles. The second kappa shape index (κ2) is 56.4. The molecule has 0 aromatic rings. The Labute approximate surface area is 453 Å². The number of ether oxygens (including phenoxy) is 2. The molecule has 2 atom stereocenters. The summed E-state index contributed by atoms with van der Waals surface area (Å²) in [6.07, 6.45) is 74.4. The van der Waals surface area contributed by atoms with E-state index in [1.165, 1.54) is 205 Å². The summed E-state index contributed by atoms with van der Waals surface area (Å²) < 4.78 is 35.3. The summed E-state index contributed by atoms with van der Waals surface area (Å²) in [5.41, 5.74) is 0. The van der Waals surface area contributed by atoms with Crippen LogP contribution in [0.3, 0.4) is 0 Å². The van der Waals surface area contributed by atoms with E-state index in [-0.39, 0.29) is 25.8 Å². The van der Waals surface area contributed by atoms with Crippen molar-refractivity contribution in [2.75, 3.05) is 54.1 Å². The van der Waals surface area contributed by atoms with E-state index in [0.717, 1.165) is 57.8 Å². The Morgan fingerprint density at radius 2 is 0.795 bits per heavy atom. The number of likely N-dealkylation sites (N-methyl/N-ethyl adjacent to an activating group) is 1. The van der Waals surface area contributed by atoms with Crippen molar-refractivity contribution >= 4 is 13.8 Å². The molecule has 0 heterocycles. The zero-order chi connectivity index (χ0) is 53.3. The van der Waals surface area contributed by atoms with Gasteiger partial charge < -0.3 is 18.9 Å². The lowest BCUT2D eigenvalue weighted by Gasteiger charge is -2.24. The van der Waals surface area contributed by atoms with Gasteiger partial charge in [0.25, 0.3) is 0 Å². The van der Waals surface area contributed by atoms with Crippen LogP contribution in [0.1, 0.15) is 284 Å². The van der Waals surface area contributed by atoms with E-state index in [9.17, 15) is 14.3 Å². The van der Waals surface area contributed by atoms with E-state index in [2.05, 4.69) is 74.6 Å². The van der Waals surface area contributed by atoms with Crippen LogP contribution in [0.4, 0.5) is 0 Å². The molecule has 0 fully saturated rings. The average molecular weight is 1050 g/mol. The van der Waals surface area contributed by atoms with E-state index in [1.54, 1.807) is 0 Å². The fraction of sp³-hybridized carbons (Fsp3) is 0.828. The van der Waals surface area contributed by atoms with Gasteiger partial charge in [0.05, 0.1) is 34.4 Å². The first-order valence-electron chi connectivity index (χ1n) is 31.0. The smallest absolute Gasteiger partial charge is 0.457 e. The highest BCUT2D eigenvalue weighted by molar-refractivity contribution is 7.47. The van der Waals surface area contributed by atoms with Gasteiger partial charge in [0, 0.05) is 13.0 Å². The summed E-state index contributed by atoms with van der Waals surface area (Å²) >= 11 is 0. The molecule has 0 rings (SSSR count). The summed E-state index contributed by atoms with van der Waals surface area (Å²) in [6.45, 7) is 5.55. The fourth-order valence-corrected chi connectivity index (χ4v) is 9.58. The molecule has 0 bridgehead atoms. The number of unbranched alkanes of at least 4 members (excludes halogenated alkanes) is 34. The second-order valence-corrected chi connectivity index (χ2v) is 23.5. The Hall–Kier alpha value is -1.80. The lowest BCUT2D eigenvalue weighted by Crippen LogP contribution is -2.37. The SMILES string of the molecule is CC/C=C\C/C=C\C/C=C\C/C=C\CCCCCCCCCCCCCCCOCC(COP(=O)(O)OCC[N+](C)(C)C)OC(=O)CCCCCCCCCCCCCCC/C=C\CCCCCCCCCC. The van der Waals surface area contributed by atoms with Gasteiger partial charge in [-0.05, 0) is 77.0 Å². The monoisotopic (exact) mass is 1050 g/mol. The van der Waals surface area contributed by atoms with Crippen molar-refractivity contribution in [3.8, 4) is 0 Å². The van der Waals surface area contributed by atoms with Crippen LogP contribution in [0, 0.1) is 0 Å². The van der Waals surface area contributed by atoms with Gasteiger partial charge in [-0.2, -0.15) is 0 Å². The van der Waals surface area contributed by atoms with Crippen molar-refractivity contribution in [3.05, 3.63) is 60.8 Å². The maximum absolute atomic E-state index is 12.8. The zero-order valence-corrected chi connectivity index (χ0v) is 49.8. The molecule has 0 saturated carbocycles. The van der Waals surface area contributed by atoms with E-state index in [1.807, 2.05) is 21.1 Å². The molecule has 0 aliphatic heterocycles. The number of hydrogen-bond acceptors (Lipinski definition) is 6. The number of quaternary nitrogens is 1. The zero-order valence-electron chi connectivity index (χ0n) is 48.9. The second-order valence-electron chi connectivity index (χ2n) is 22.1. The minimum Gasteiger partial charge on any atom is -0.457 e. The van der Waals surface area contributed by atoms with Crippen LogP contribution in [0.15, 0.2) is 60.8 Å². The number of rotatable bonds is 58. The lowest BCUT2D eigenvalue weighted by molar-refractivity contribution is -0.870. The standard InChI is InChI=1S/C64H120NO7P/c1-6-8-10-12-14-16-18-20-22-24-26-28-30-32-34-36-38-40-42-44-46-48-50-52-54-56-59-69-61-63(62-71-73(67,68)70-60-58-65(3,4)5)72-64(66)57-55-53-51-49-47-45-43-41-39-37-35-33-31-29-27-25-23-21-19-17-15-13-11-9-7-2/h8,10,14,16,20,22,25-28,63H,6-7,9,11-13,15,17-19,21,23-24,29-62H2,1-5H3/p+1/b10-8-,16-14-,22-20-,27-25-,28-26-. The Morgan fingerprint density at radius 3 is 1.21 bits per heavy atom. The minimum atomic E-state index is -4.29. The van der Waals surface area contributed by atoms with Crippen LogP contribution in [0.5, 0.6) is 0 Å². The van der Waals surface area contributed by atoms with Crippen molar-refractivity contribution in [1.82, 2.24) is 0 Å². The first-order chi connectivity index (χ1) is 35.6. The van der Waals surface area contributed by atoms with Crippen LogP contribution in [0.25, 0.3) is 0 Å². The van der Waals surface area contributed by atoms with Gasteiger partial charge in [-0.1, -0.05) is 261 Å². The molecule has 0 aromatic heterocycles. The van der Waals surface area contributed by atoms with E-state index in [0.29, 0.717) is 24.1 Å². The third-order valence-electron chi connectivity index (χ3n) is 13.6. The van der Waals surface area contributed by atoms with Gasteiger partial charge in [-0.3, -0.25) is 13.8 Å². The highest BCUT2D eigenvalue weighted by Crippen LogP contribution is 2.43. The predicted molar refractivity (Wildman–Crippen MR) is 316 cm³/mol. The minimum absolute atomic E-state index is 0.0880. The first-order valence-corrected chi connectivity index (χ1v) is 32.5. The van der Waals surface area contributed by atoms with Crippen LogP contribution < -0.4 is 0 Å². The highest BCUT2D eigenvalue weighted by Gasteiger charge is 2.26. The molecule has 9 heteroatoms. The first kappa shape index (κ1) is 71.2. The molecule has 8 nitrogen and oxygen atoms in total. The van der Waals surface area contributed by atoms with Crippen LogP contribution in [-0.4, -0.2) is 75.6 Å². The van der Waals surface area contributed by atoms with Gasteiger partial charge in [-0.25, -0.2) is 4.57 Å². The van der Waals surface area contributed by atoms with Crippen molar-refractivity contribution in [2.45, 2.75) is 290 Å². The molecular weight excluding hydrogens is 926 g/mol. The number of esters is 1. The Morgan fingerprint density at radius 1 is 0.438 bits per heavy atom. The topological polar surface area (TPSA) is 91.3 Å². The highest BCUT2D eigenvalue weighted by atomic mass is 31.2. The Bertz CT molecular complexity index is 1350. The molecule has 2 unspecified atom stereocenters. The molecule has 428 valence electrons. The molecule has 0 amide bonds. The van der Waals surface area contributed by atoms with E-state index < -0.39 is 13.9 Å². The van der Waals surface area contributed by atoms with Crippen LogP contribution in [-0.2, 0) is 27.9 Å². The van der Waals surface area contributed by atoms with Crippen molar-refractivity contribution < 1.29 is 37.3 Å². The fourth-order valence-electron chi connectivity index (χ4n) is 8.84. The quantitative estimate of drug-likeness (QED) is 0.0213. The molecule has 0 spiro atoms. The molecule has 73 heavy (non-hydrogen) atoms. The van der Waals surface area contributed by atoms with Crippen LogP contribution in [0.2, 0.25) is 0 Å².